The van der Waals surface area contributed by atoms with Crippen LogP contribution in [0.3, 0.4) is 0 Å². The van der Waals surface area contributed by atoms with E-state index < -0.39 is 29.8 Å². The van der Waals surface area contributed by atoms with Crippen molar-refractivity contribution in [3.63, 3.8) is 0 Å². The van der Waals surface area contributed by atoms with Gasteiger partial charge in [-0.3, -0.25) is 0 Å². The van der Waals surface area contributed by atoms with Gasteiger partial charge in [-0.2, -0.15) is 0 Å². The zero-order valence-electron chi connectivity index (χ0n) is 15.8. The van der Waals surface area contributed by atoms with Crippen LogP contribution in [0.25, 0.3) is 0 Å². The van der Waals surface area contributed by atoms with E-state index in [2.05, 4.69) is 5.32 Å². The van der Waals surface area contributed by atoms with E-state index in [-0.39, 0.29) is 18.8 Å². The fourth-order valence-electron chi connectivity index (χ4n) is 2.28. The summed E-state index contributed by atoms with van der Waals surface area (Å²) in [6.45, 7) is 6.96. The molecule has 0 aliphatic rings. The molecule has 0 spiro atoms. The summed E-state index contributed by atoms with van der Waals surface area (Å²) in [5, 5.41) is 12.7. The molecule has 0 radical (unpaired) electrons. The minimum Gasteiger partial charge on any atom is -0.464 e. The highest BCUT2D eigenvalue weighted by atomic mass is 19.1. The molecule has 0 saturated carbocycles. The first-order valence-electron chi connectivity index (χ1n) is 8.69. The topological polar surface area (TPSA) is 84.9 Å². The Morgan fingerprint density at radius 2 is 1.85 bits per heavy atom. The van der Waals surface area contributed by atoms with Crippen LogP contribution in [0.15, 0.2) is 24.3 Å². The van der Waals surface area contributed by atoms with Crippen molar-refractivity contribution in [3.05, 3.63) is 35.6 Å². The normalized spacial score (nSPS) is 13.6. The van der Waals surface area contributed by atoms with Crippen LogP contribution in [0, 0.1) is 5.82 Å². The molecule has 1 amide bonds. The molecule has 1 aromatic rings. The number of benzene rings is 1. The number of ether oxygens (including phenoxy) is 2. The molecule has 1 aromatic carbocycles. The van der Waals surface area contributed by atoms with E-state index in [4.69, 9.17) is 9.47 Å². The van der Waals surface area contributed by atoms with E-state index in [1.807, 2.05) is 0 Å². The van der Waals surface area contributed by atoms with Crippen molar-refractivity contribution in [2.24, 2.45) is 0 Å². The molecule has 26 heavy (non-hydrogen) atoms. The Hall–Kier alpha value is -2.15. The van der Waals surface area contributed by atoms with Crippen LogP contribution < -0.4 is 5.32 Å². The third-order valence-corrected chi connectivity index (χ3v) is 3.45. The van der Waals surface area contributed by atoms with E-state index in [9.17, 15) is 19.1 Å². The Morgan fingerprint density at radius 1 is 1.23 bits per heavy atom. The molecule has 1 rings (SSSR count). The van der Waals surface area contributed by atoms with Gasteiger partial charge in [0.15, 0.2) is 0 Å². The lowest BCUT2D eigenvalue weighted by Gasteiger charge is -2.24. The van der Waals surface area contributed by atoms with Crippen molar-refractivity contribution in [2.75, 3.05) is 6.61 Å². The zero-order chi connectivity index (χ0) is 19.7. The molecular weight excluding hydrogens is 341 g/mol. The van der Waals surface area contributed by atoms with Gasteiger partial charge in [0.05, 0.1) is 12.7 Å². The van der Waals surface area contributed by atoms with Crippen molar-refractivity contribution in [1.29, 1.82) is 0 Å². The van der Waals surface area contributed by atoms with Crippen LogP contribution in [0.5, 0.6) is 0 Å². The lowest BCUT2D eigenvalue weighted by molar-refractivity contribution is -0.146. The highest BCUT2D eigenvalue weighted by molar-refractivity contribution is 5.81. The first kappa shape index (κ1) is 21.9. The third kappa shape index (κ3) is 8.80. The molecule has 2 N–H and O–H groups in total. The summed E-state index contributed by atoms with van der Waals surface area (Å²) in [5.41, 5.74) is 0.169. The number of rotatable bonds is 8. The standard InChI is InChI=1S/C19H28FNO5/c1-5-25-17(23)16(21-18(24)26-19(2,3)4)12-15(22)11-8-13-6-9-14(20)10-7-13/h6-7,9-10,15-16,22H,5,8,11-12H2,1-4H3,(H,21,24)/t15-,16-/m0/s1. The maximum absolute atomic E-state index is 12.9. The first-order valence-corrected chi connectivity index (χ1v) is 8.69. The molecule has 146 valence electrons. The van der Waals surface area contributed by atoms with Gasteiger partial charge in [0.25, 0.3) is 0 Å². The van der Waals surface area contributed by atoms with Crippen molar-refractivity contribution in [2.45, 2.75) is 64.7 Å². The van der Waals surface area contributed by atoms with Gasteiger partial charge in [-0.05, 0) is 58.2 Å². The summed E-state index contributed by atoms with van der Waals surface area (Å²) in [7, 11) is 0. The molecule has 2 atom stereocenters. The van der Waals surface area contributed by atoms with Gasteiger partial charge in [-0.25, -0.2) is 14.0 Å². The van der Waals surface area contributed by atoms with E-state index in [1.54, 1.807) is 39.8 Å². The average molecular weight is 369 g/mol. The second kappa shape index (κ2) is 10.1. The van der Waals surface area contributed by atoms with Crippen LogP contribution in [-0.2, 0) is 20.7 Å². The molecule has 0 heterocycles. The van der Waals surface area contributed by atoms with Crippen LogP contribution in [0.2, 0.25) is 0 Å². The van der Waals surface area contributed by atoms with Crippen molar-refractivity contribution >= 4 is 12.1 Å². The summed E-state index contributed by atoms with van der Waals surface area (Å²) in [4.78, 5) is 24.0. The predicted molar refractivity (Wildman–Crippen MR) is 95.1 cm³/mol. The monoisotopic (exact) mass is 369 g/mol. The number of aliphatic hydroxyl groups excluding tert-OH is 1. The van der Waals surface area contributed by atoms with Gasteiger partial charge < -0.3 is 19.9 Å². The molecular formula is C19H28FNO5. The number of hydrogen-bond acceptors (Lipinski definition) is 5. The predicted octanol–water partition coefficient (Wildman–Crippen LogP) is 2.97. The minimum absolute atomic E-state index is 0.000723. The van der Waals surface area contributed by atoms with Crippen LogP contribution in [0.1, 0.15) is 46.1 Å². The minimum atomic E-state index is -1.01. The number of amides is 1. The van der Waals surface area contributed by atoms with E-state index in [1.165, 1.54) is 12.1 Å². The van der Waals surface area contributed by atoms with E-state index in [0.29, 0.717) is 12.8 Å². The smallest absolute Gasteiger partial charge is 0.408 e. The molecule has 0 bridgehead atoms. The Balaban J connectivity index is 2.61. The molecule has 6 nitrogen and oxygen atoms in total. The quantitative estimate of drug-likeness (QED) is 0.688. The summed E-state index contributed by atoms with van der Waals surface area (Å²) in [5.74, 6) is -0.947. The summed E-state index contributed by atoms with van der Waals surface area (Å²) >= 11 is 0. The SMILES string of the molecule is CCOC(=O)[C@H](C[C@@H](O)CCc1ccc(F)cc1)NC(=O)OC(C)(C)C. The van der Waals surface area contributed by atoms with Gasteiger partial charge in [0, 0.05) is 6.42 Å². The fraction of sp³-hybridized carbons (Fsp3) is 0.579. The number of carbonyl (C=O) groups is 2. The number of alkyl carbamates (subject to hydrolysis) is 1. The Morgan fingerprint density at radius 3 is 2.38 bits per heavy atom. The Kier molecular flexibility index (Phi) is 8.51. The molecule has 0 unspecified atom stereocenters. The second-order valence-corrected chi connectivity index (χ2v) is 7.01. The summed E-state index contributed by atoms with van der Waals surface area (Å²) in [6, 6.07) is 4.99. The van der Waals surface area contributed by atoms with Crippen molar-refractivity contribution < 1.29 is 28.6 Å². The summed E-state index contributed by atoms with van der Waals surface area (Å²) in [6.07, 6.45) is -0.717. The van der Waals surface area contributed by atoms with Gasteiger partial charge in [-0.15, -0.1) is 0 Å². The number of carbonyl (C=O) groups excluding carboxylic acids is 2. The van der Waals surface area contributed by atoms with Crippen LogP contribution in [0.4, 0.5) is 9.18 Å². The molecule has 0 saturated heterocycles. The lowest BCUT2D eigenvalue weighted by atomic mass is 10.0. The first-order chi connectivity index (χ1) is 12.1. The second-order valence-electron chi connectivity index (χ2n) is 7.01. The maximum Gasteiger partial charge on any atom is 0.408 e. The number of aliphatic hydroxyl groups is 1. The van der Waals surface area contributed by atoms with E-state index in [0.717, 1.165) is 5.56 Å². The number of halogens is 1. The molecule has 0 aromatic heterocycles. The highest BCUT2D eigenvalue weighted by Crippen LogP contribution is 2.12. The van der Waals surface area contributed by atoms with Crippen LogP contribution in [-0.4, -0.2) is 41.5 Å². The van der Waals surface area contributed by atoms with Gasteiger partial charge in [0.1, 0.15) is 17.5 Å². The Labute approximate surface area is 153 Å². The highest BCUT2D eigenvalue weighted by Gasteiger charge is 2.27. The van der Waals surface area contributed by atoms with Gasteiger partial charge in [0.2, 0.25) is 0 Å². The van der Waals surface area contributed by atoms with Crippen molar-refractivity contribution in [1.82, 2.24) is 5.32 Å². The number of nitrogens with one attached hydrogen (secondary N) is 1. The Bertz CT molecular complexity index is 583. The largest absolute Gasteiger partial charge is 0.464 e. The molecule has 0 fully saturated rings. The average Bonchev–Trinajstić information content (AvgIpc) is 2.52. The molecule has 0 aliphatic heterocycles. The zero-order valence-corrected chi connectivity index (χ0v) is 15.8. The number of aryl methyl sites for hydroxylation is 1. The van der Waals surface area contributed by atoms with Gasteiger partial charge >= 0.3 is 12.1 Å². The summed E-state index contributed by atoms with van der Waals surface area (Å²) < 4.78 is 23.0. The third-order valence-electron chi connectivity index (χ3n) is 3.45. The van der Waals surface area contributed by atoms with Gasteiger partial charge in [-0.1, -0.05) is 12.1 Å². The number of hydrogen-bond donors (Lipinski definition) is 2. The molecule has 0 aliphatic carbocycles. The van der Waals surface area contributed by atoms with Crippen molar-refractivity contribution in [3.8, 4) is 0 Å². The fourth-order valence-corrected chi connectivity index (χ4v) is 2.28. The lowest BCUT2D eigenvalue weighted by Crippen LogP contribution is -2.46. The maximum atomic E-state index is 12.9. The van der Waals surface area contributed by atoms with E-state index >= 15 is 0 Å². The molecule has 7 heteroatoms. The van der Waals surface area contributed by atoms with Crippen LogP contribution >= 0.6 is 0 Å². The number of esters is 1.